The minimum Gasteiger partial charge on any atom is -0.309 e. The van der Waals surface area contributed by atoms with Crippen molar-refractivity contribution < 1.29 is 0 Å². The number of aryl methyl sites for hydroxylation is 1. The van der Waals surface area contributed by atoms with Gasteiger partial charge in [0.15, 0.2) is 0 Å². The van der Waals surface area contributed by atoms with Crippen LogP contribution < -0.4 is 5.32 Å². The lowest BCUT2D eigenvalue weighted by Crippen LogP contribution is -2.43. The number of piperidine rings is 1. The minimum atomic E-state index is 0.641. The Morgan fingerprint density at radius 2 is 2.29 bits per heavy atom. The van der Waals surface area contributed by atoms with Gasteiger partial charge in [0.05, 0.1) is 0 Å². The molecule has 1 saturated heterocycles. The summed E-state index contributed by atoms with van der Waals surface area (Å²) in [5, 5.41) is 3.66. The van der Waals surface area contributed by atoms with Gasteiger partial charge >= 0.3 is 0 Å². The average Bonchev–Trinajstić information content (AvgIpc) is 2.28. The van der Waals surface area contributed by atoms with Crippen LogP contribution in [0.3, 0.4) is 0 Å². The maximum Gasteiger partial charge on any atom is 0.0222 e. The molecule has 1 fully saturated rings. The number of benzene rings is 1. The van der Waals surface area contributed by atoms with Crippen molar-refractivity contribution in [3.8, 4) is 0 Å². The lowest BCUT2D eigenvalue weighted by Gasteiger charge is -2.30. The van der Waals surface area contributed by atoms with Crippen LogP contribution in [0.2, 0.25) is 0 Å². The molecule has 0 spiro atoms. The smallest absolute Gasteiger partial charge is 0.0222 e. The number of hydrogen-bond donors (Lipinski definition) is 1. The molecule has 0 radical (unpaired) electrons. The average molecular weight is 297 g/mol. The quantitative estimate of drug-likeness (QED) is 0.923. The third-order valence-electron chi connectivity index (χ3n) is 3.41. The van der Waals surface area contributed by atoms with Crippen molar-refractivity contribution in [1.29, 1.82) is 0 Å². The highest BCUT2D eigenvalue weighted by Gasteiger charge is 2.16. The predicted octanol–water partition coefficient (Wildman–Crippen LogP) is 2.94. The molecule has 0 aliphatic carbocycles. The molecule has 0 saturated carbocycles. The summed E-state index contributed by atoms with van der Waals surface area (Å²) in [4.78, 5) is 2.41. The highest BCUT2D eigenvalue weighted by molar-refractivity contribution is 9.10. The fraction of sp³-hybridized carbons (Fsp3) is 0.571. The third kappa shape index (κ3) is 3.80. The Labute approximate surface area is 113 Å². The molecule has 0 bridgehead atoms. The van der Waals surface area contributed by atoms with Crippen LogP contribution in [0.25, 0.3) is 0 Å². The fourth-order valence-corrected chi connectivity index (χ4v) is 3.02. The van der Waals surface area contributed by atoms with Crippen molar-refractivity contribution >= 4 is 15.9 Å². The van der Waals surface area contributed by atoms with E-state index >= 15 is 0 Å². The predicted molar refractivity (Wildman–Crippen MR) is 76.2 cm³/mol. The topological polar surface area (TPSA) is 15.3 Å². The van der Waals surface area contributed by atoms with Crippen molar-refractivity contribution in [2.24, 2.45) is 0 Å². The monoisotopic (exact) mass is 296 g/mol. The molecule has 1 aliphatic rings. The van der Waals surface area contributed by atoms with E-state index in [9.17, 15) is 0 Å². The Kier molecular flexibility index (Phi) is 4.60. The van der Waals surface area contributed by atoms with Crippen molar-refractivity contribution in [2.45, 2.75) is 32.4 Å². The maximum absolute atomic E-state index is 3.66. The van der Waals surface area contributed by atoms with Crippen molar-refractivity contribution in [2.75, 3.05) is 20.1 Å². The van der Waals surface area contributed by atoms with Gasteiger partial charge in [-0.25, -0.2) is 0 Å². The molecule has 2 nitrogen and oxygen atoms in total. The van der Waals surface area contributed by atoms with E-state index in [0.717, 1.165) is 6.54 Å². The van der Waals surface area contributed by atoms with E-state index in [1.165, 1.54) is 41.5 Å². The van der Waals surface area contributed by atoms with E-state index in [1.54, 1.807) is 0 Å². The standard InChI is InChI=1S/C14H21BrN2/c1-11-5-6-12(14(15)8-11)9-16-13-4-3-7-17(2)10-13/h5-6,8,13,16H,3-4,7,9-10H2,1-2H3. The Morgan fingerprint density at radius 3 is 3.00 bits per heavy atom. The van der Waals surface area contributed by atoms with E-state index < -0.39 is 0 Å². The molecule has 17 heavy (non-hydrogen) atoms. The van der Waals surface area contributed by atoms with Crippen LogP contribution in [-0.4, -0.2) is 31.1 Å². The Bertz CT molecular complexity index is 378. The van der Waals surface area contributed by atoms with E-state index in [4.69, 9.17) is 0 Å². The second kappa shape index (κ2) is 5.98. The lowest BCUT2D eigenvalue weighted by molar-refractivity contribution is 0.226. The van der Waals surface area contributed by atoms with Gasteiger partial charge in [0.1, 0.15) is 0 Å². The second-order valence-electron chi connectivity index (χ2n) is 5.08. The Balaban J connectivity index is 1.88. The molecule has 1 atom stereocenters. The molecule has 1 N–H and O–H groups in total. The number of likely N-dealkylation sites (N-methyl/N-ethyl adjacent to an activating group) is 1. The van der Waals surface area contributed by atoms with Crippen molar-refractivity contribution in [3.63, 3.8) is 0 Å². The maximum atomic E-state index is 3.66. The summed E-state index contributed by atoms with van der Waals surface area (Å²) in [5.74, 6) is 0. The first-order chi connectivity index (χ1) is 8.15. The van der Waals surface area contributed by atoms with Gasteiger partial charge in [0, 0.05) is 23.6 Å². The van der Waals surface area contributed by atoms with E-state index in [-0.39, 0.29) is 0 Å². The Hall–Kier alpha value is -0.380. The van der Waals surface area contributed by atoms with Gasteiger partial charge in [0.25, 0.3) is 0 Å². The lowest BCUT2D eigenvalue weighted by atomic mass is 10.1. The molecule has 1 heterocycles. The first-order valence-corrected chi connectivity index (χ1v) is 7.11. The number of hydrogen-bond acceptors (Lipinski definition) is 2. The van der Waals surface area contributed by atoms with E-state index in [2.05, 4.69) is 58.3 Å². The van der Waals surface area contributed by atoms with Gasteiger partial charge in [-0.1, -0.05) is 28.1 Å². The van der Waals surface area contributed by atoms with Crippen LogP contribution in [0.5, 0.6) is 0 Å². The zero-order chi connectivity index (χ0) is 12.3. The number of nitrogens with one attached hydrogen (secondary N) is 1. The van der Waals surface area contributed by atoms with E-state index in [0.29, 0.717) is 6.04 Å². The molecular formula is C14H21BrN2. The highest BCUT2D eigenvalue weighted by atomic mass is 79.9. The van der Waals surface area contributed by atoms with Crippen LogP contribution in [0.15, 0.2) is 22.7 Å². The molecule has 2 rings (SSSR count). The molecule has 3 heteroatoms. The normalized spacial score (nSPS) is 21.7. The Morgan fingerprint density at radius 1 is 1.47 bits per heavy atom. The van der Waals surface area contributed by atoms with Gasteiger partial charge in [-0.15, -0.1) is 0 Å². The first-order valence-electron chi connectivity index (χ1n) is 6.32. The van der Waals surface area contributed by atoms with Gasteiger partial charge in [0.2, 0.25) is 0 Å². The highest BCUT2D eigenvalue weighted by Crippen LogP contribution is 2.18. The summed E-state index contributed by atoms with van der Waals surface area (Å²) in [6, 6.07) is 7.21. The third-order valence-corrected chi connectivity index (χ3v) is 4.15. The summed E-state index contributed by atoms with van der Waals surface area (Å²) >= 11 is 3.63. The van der Waals surface area contributed by atoms with Crippen LogP contribution in [0.4, 0.5) is 0 Å². The van der Waals surface area contributed by atoms with Crippen LogP contribution in [0, 0.1) is 6.92 Å². The minimum absolute atomic E-state index is 0.641. The zero-order valence-electron chi connectivity index (χ0n) is 10.7. The second-order valence-corrected chi connectivity index (χ2v) is 5.93. The number of halogens is 1. The van der Waals surface area contributed by atoms with Gasteiger partial charge < -0.3 is 10.2 Å². The van der Waals surface area contributed by atoms with Crippen LogP contribution >= 0.6 is 15.9 Å². The number of likely N-dealkylation sites (tertiary alicyclic amines) is 1. The summed E-state index contributed by atoms with van der Waals surface area (Å²) in [6.45, 7) is 5.49. The van der Waals surface area contributed by atoms with E-state index in [1.807, 2.05) is 0 Å². The number of nitrogens with zero attached hydrogens (tertiary/aromatic N) is 1. The fourth-order valence-electron chi connectivity index (χ4n) is 2.38. The summed E-state index contributed by atoms with van der Waals surface area (Å²) in [7, 11) is 2.20. The molecule has 1 aromatic rings. The molecule has 0 amide bonds. The molecule has 94 valence electrons. The molecule has 1 aromatic carbocycles. The van der Waals surface area contributed by atoms with Crippen LogP contribution in [-0.2, 0) is 6.54 Å². The SMILES string of the molecule is Cc1ccc(CNC2CCCN(C)C2)c(Br)c1. The largest absolute Gasteiger partial charge is 0.309 e. The molecule has 1 unspecified atom stereocenters. The summed E-state index contributed by atoms with van der Waals surface area (Å²) < 4.78 is 1.22. The van der Waals surface area contributed by atoms with Gasteiger partial charge in [-0.2, -0.15) is 0 Å². The molecular weight excluding hydrogens is 276 g/mol. The molecule has 1 aliphatic heterocycles. The van der Waals surface area contributed by atoms with Crippen molar-refractivity contribution in [1.82, 2.24) is 10.2 Å². The molecule has 0 aromatic heterocycles. The first kappa shape index (κ1) is 13.1. The summed E-state index contributed by atoms with van der Waals surface area (Å²) in [6.07, 6.45) is 2.61. The summed E-state index contributed by atoms with van der Waals surface area (Å²) in [5.41, 5.74) is 2.65. The van der Waals surface area contributed by atoms with Crippen LogP contribution in [0.1, 0.15) is 24.0 Å². The van der Waals surface area contributed by atoms with Gasteiger partial charge in [-0.3, -0.25) is 0 Å². The zero-order valence-corrected chi connectivity index (χ0v) is 12.3. The van der Waals surface area contributed by atoms with Gasteiger partial charge in [-0.05, 0) is 50.6 Å². The number of rotatable bonds is 3. The van der Waals surface area contributed by atoms with Crippen molar-refractivity contribution in [3.05, 3.63) is 33.8 Å².